The second kappa shape index (κ2) is 9.98. The molecule has 0 bridgehead atoms. The van der Waals surface area contributed by atoms with Gasteiger partial charge >= 0.3 is 35.5 Å². The molecule has 0 heterocycles. The van der Waals surface area contributed by atoms with Gasteiger partial charge in [0.15, 0.2) is 0 Å². The number of hydrogen-bond acceptors (Lipinski definition) is 6. The molecule has 0 spiro atoms. The fourth-order valence-corrected chi connectivity index (χ4v) is 6.78. The second-order valence-corrected chi connectivity index (χ2v) is 11.7. The van der Waals surface area contributed by atoms with Crippen molar-refractivity contribution in [2.24, 2.45) is 28.6 Å². The zero-order valence-electron chi connectivity index (χ0n) is 19.5. The Morgan fingerprint density at radius 3 is 2.61 bits per heavy atom. The van der Waals surface area contributed by atoms with Gasteiger partial charge in [0.05, 0.1) is 21.3 Å². The van der Waals surface area contributed by atoms with Crippen LogP contribution in [0.25, 0.3) is 0 Å². The molecule has 0 aliphatic heterocycles. The van der Waals surface area contributed by atoms with Crippen LogP contribution in [0, 0.1) is 28.6 Å². The molecular formula is C23H35NaO6S. The van der Waals surface area contributed by atoms with Gasteiger partial charge in [0, 0.05) is 0 Å². The summed E-state index contributed by atoms with van der Waals surface area (Å²) in [5.74, 6) is -0.228. The fraction of sp³-hybridized carbons (Fsp3) is 0.783. The Labute approximate surface area is 208 Å². The van der Waals surface area contributed by atoms with Crippen LogP contribution in [0.1, 0.15) is 66.2 Å². The Morgan fingerprint density at radius 2 is 2.00 bits per heavy atom. The first-order chi connectivity index (χ1) is 13.9. The van der Waals surface area contributed by atoms with Crippen molar-refractivity contribution in [2.75, 3.05) is 12.4 Å². The molecule has 5 atom stereocenters. The van der Waals surface area contributed by atoms with Crippen LogP contribution in [0.5, 0.6) is 0 Å². The number of rotatable bonds is 6. The predicted molar refractivity (Wildman–Crippen MR) is 113 cm³/mol. The number of ether oxygens (including phenoxy) is 1. The summed E-state index contributed by atoms with van der Waals surface area (Å²) < 4.78 is 37.8. The van der Waals surface area contributed by atoms with E-state index < -0.39 is 40.0 Å². The van der Waals surface area contributed by atoms with Crippen molar-refractivity contribution in [2.45, 2.75) is 72.3 Å². The topological polar surface area (TPSA) is 104 Å². The molecule has 0 amide bonds. The van der Waals surface area contributed by atoms with Gasteiger partial charge in [-0.2, -0.15) is 0 Å². The summed E-state index contributed by atoms with van der Waals surface area (Å²) in [6, 6.07) is 0. The minimum atomic E-state index is -4.57. The molecule has 0 radical (unpaired) electrons. The van der Waals surface area contributed by atoms with E-state index in [1.165, 1.54) is 11.1 Å². The van der Waals surface area contributed by atoms with E-state index in [1.807, 2.05) is 6.92 Å². The maximum Gasteiger partial charge on any atom is 1.00 e. The van der Waals surface area contributed by atoms with Gasteiger partial charge in [-0.1, -0.05) is 44.9 Å². The first-order valence-electron chi connectivity index (χ1n) is 11.1. The molecule has 0 aromatic carbocycles. The number of aliphatic hydroxyl groups excluding tert-OH is 1. The van der Waals surface area contributed by atoms with Gasteiger partial charge in [-0.15, -0.1) is 0 Å². The number of esters is 1. The van der Waals surface area contributed by atoms with Crippen molar-refractivity contribution < 1.29 is 57.2 Å². The first-order valence-corrected chi connectivity index (χ1v) is 12.6. The Balaban J connectivity index is 0.00000341. The molecule has 3 aliphatic carbocycles. The van der Waals surface area contributed by atoms with Gasteiger partial charge < -0.3 is 14.4 Å². The van der Waals surface area contributed by atoms with E-state index in [-0.39, 0.29) is 40.9 Å². The molecule has 6 nitrogen and oxygen atoms in total. The molecule has 0 aromatic rings. The minimum absolute atomic E-state index is 0. The zero-order valence-corrected chi connectivity index (χ0v) is 22.3. The quantitative estimate of drug-likeness (QED) is 0.352. The SMILES string of the molecule is CC(C)C1=CC2=CCC3C(C)(C(=O)OCC(O)CS(=O)(=O)[O-])CCCC3(C)C2CC1.[Na+]. The molecule has 8 heteroatoms. The predicted octanol–water partition coefficient (Wildman–Crippen LogP) is 0.575. The van der Waals surface area contributed by atoms with E-state index in [9.17, 15) is 22.9 Å². The first kappa shape index (κ1) is 27.1. The van der Waals surface area contributed by atoms with Crippen LogP contribution >= 0.6 is 0 Å². The summed E-state index contributed by atoms with van der Waals surface area (Å²) in [5, 5.41) is 9.75. The van der Waals surface area contributed by atoms with Gasteiger partial charge in [-0.3, -0.25) is 4.79 Å². The Kier molecular flexibility index (Phi) is 8.71. The van der Waals surface area contributed by atoms with Crippen molar-refractivity contribution in [3.05, 3.63) is 23.3 Å². The van der Waals surface area contributed by atoms with Crippen LogP contribution in [-0.4, -0.2) is 42.5 Å². The molecule has 5 unspecified atom stereocenters. The third-order valence-electron chi connectivity index (χ3n) is 7.85. The zero-order chi connectivity index (χ0) is 22.3. The molecule has 3 aliphatic rings. The summed E-state index contributed by atoms with van der Waals surface area (Å²) in [7, 11) is -4.57. The van der Waals surface area contributed by atoms with Gasteiger partial charge in [0.25, 0.3) is 0 Å². The standard InChI is InChI=1S/C23H36O6S.Na/c1-15(2)16-6-8-19-17(12-16)7-9-20-22(19,3)10-5-11-23(20,4)21(25)29-13-18(24)14-30(26,27)28;/h7,12,15,18-20,24H,5-6,8-11,13-14H2,1-4H3,(H,26,27,28);/q;+1/p-1. The van der Waals surface area contributed by atoms with Crippen LogP contribution in [0.15, 0.2) is 23.3 Å². The number of carbonyl (C=O) groups excluding carboxylic acids is 1. The van der Waals surface area contributed by atoms with E-state index in [0.717, 1.165) is 32.1 Å². The van der Waals surface area contributed by atoms with E-state index in [4.69, 9.17) is 4.74 Å². The van der Waals surface area contributed by atoms with E-state index >= 15 is 0 Å². The van der Waals surface area contributed by atoms with Crippen molar-refractivity contribution >= 4 is 16.1 Å². The Bertz CT molecular complexity index is 848. The molecule has 1 saturated carbocycles. The number of aliphatic hydroxyl groups is 1. The number of hydrogen-bond donors (Lipinski definition) is 1. The summed E-state index contributed by atoms with van der Waals surface area (Å²) in [5.41, 5.74) is 2.23. The summed E-state index contributed by atoms with van der Waals surface area (Å²) >= 11 is 0. The monoisotopic (exact) mass is 462 g/mol. The van der Waals surface area contributed by atoms with Crippen LogP contribution in [0.2, 0.25) is 0 Å². The normalized spacial score (nSPS) is 33.9. The summed E-state index contributed by atoms with van der Waals surface area (Å²) in [4.78, 5) is 13.1. The molecule has 31 heavy (non-hydrogen) atoms. The number of carbonyl (C=O) groups is 1. The van der Waals surface area contributed by atoms with Crippen LogP contribution in [-0.2, 0) is 19.6 Å². The molecule has 0 saturated heterocycles. The van der Waals surface area contributed by atoms with Gasteiger partial charge in [0.1, 0.15) is 12.7 Å². The molecular weight excluding hydrogens is 427 g/mol. The number of allylic oxidation sites excluding steroid dienone is 4. The molecule has 1 fully saturated rings. The smallest absolute Gasteiger partial charge is 0.748 e. The summed E-state index contributed by atoms with van der Waals surface area (Å²) in [6.45, 7) is 8.27. The molecule has 1 N–H and O–H groups in total. The maximum atomic E-state index is 13.1. The Morgan fingerprint density at radius 1 is 1.32 bits per heavy atom. The molecule has 3 rings (SSSR count). The largest absolute Gasteiger partial charge is 1.00 e. The third-order valence-corrected chi connectivity index (χ3v) is 8.64. The van der Waals surface area contributed by atoms with Crippen molar-refractivity contribution in [1.82, 2.24) is 0 Å². The van der Waals surface area contributed by atoms with E-state index in [2.05, 4.69) is 32.9 Å². The van der Waals surface area contributed by atoms with Crippen molar-refractivity contribution in [3.63, 3.8) is 0 Å². The Hall–Kier alpha value is -0.180. The van der Waals surface area contributed by atoms with Gasteiger partial charge in [-0.25, -0.2) is 8.42 Å². The van der Waals surface area contributed by atoms with Crippen molar-refractivity contribution in [3.8, 4) is 0 Å². The van der Waals surface area contributed by atoms with Gasteiger partial charge in [0.2, 0.25) is 0 Å². The van der Waals surface area contributed by atoms with Crippen LogP contribution < -0.4 is 29.6 Å². The fourth-order valence-electron chi connectivity index (χ4n) is 6.21. The molecule has 170 valence electrons. The number of fused-ring (bicyclic) bond motifs is 3. The minimum Gasteiger partial charge on any atom is -0.748 e. The van der Waals surface area contributed by atoms with Crippen LogP contribution in [0.3, 0.4) is 0 Å². The van der Waals surface area contributed by atoms with Crippen molar-refractivity contribution in [1.29, 1.82) is 0 Å². The molecule has 0 aromatic heterocycles. The summed E-state index contributed by atoms with van der Waals surface area (Å²) in [6.07, 6.45) is 8.92. The van der Waals surface area contributed by atoms with Gasteiger partial charge in [-0.05, 0) is 67.8 Å². The average Bonchev–Trinajstić information content (AvgIpc) is 2.64. The van der Waals surface area contributed by atoms with E-state index in [0.29, 0.717) is 18.3 Å². The van der Waals surface area contributed by atoms with E-state index in [1.54, 1.807) is 0 Å². The maximum absolute atomic E-state index is 13.1. The third kappa shape index (κ3) is 5.67. The average molecular weight is 463 g/mol. The van der Waals surface area contributed by atoms with Crippen LogP contribution in [0.4, 0.5) is 0 Å². The second-order valence-electron chi connectivity index (χ2n) is 10.2.